The number of nitrogens with zero attached hydrogens (tertiary/aromatic N) is 2. The van der Waals surface area contributed by atoms with Gasteiger partial charge in [-0.25, -0.2) is 0 Å². The molecule has 1 aliphatic carbocycles. The molecule has 1 aromatic rings. The van der Waals surface area contributed by atoms with E-state index >= 15 is 0 Å². The number of allylic oxidation sites excluding steroid dienone is 1. The molecular formula is C22H25N3O3. The SMILES string of the molecule is COc1ccc(C2C3=C(CCCC3=O)NC2(C#N)C(=O)N2CCCCC2)cc1. The van der Waals surface area contributed by atoms with E-state index in [1.165, 1.54) is 0 Å². The van der Waals surface area contributed by atoms with Crippen LogP contribution in [-0.4, -0.2) is 42.3 Å². The van der Waals surface area contributed by atoms with E-state index in [-0.39, 0.29) is 11.7 Å². The molecule has 0 bridgehead atoms. The third-order valence-electron chi connectivity index (χ3n) is 6.13. The minimum atomic E-state index is -1.46. The van der Waals surface area contributed by atoms with E-state index in [4.69, 9.17) is 4.74 Å². The maximum Gasteiger partial charge on any atom is 0.264 e. The first-order valence-electron chi connectivity index (χ1n) is 9.99. The lowest BCUT2D eigenvalue weighted by Gasteiger charge is -2.36. The Hall–Kier alpha value is -2.81. The molecule has 28 heavy (non-hydrogen) atoms. The number of amides is 1. The second-order valence-corrected chi connectivity index (χ2v) is 7.77. The van der Waals surface area contributed by atoms with Crippen LogP contribution in [0.1, 0.15) is 50.0 Å². The van der Waals surface area contributed by atoms with Gasteiger partial charge in [0, 0.05) is 30.8 Å². The van der Waals surface area contributed by atoms with Gasteiger partial charge < -0.3 is 15.0 Å². The molecule has 0 spiro atoms. The average molecular weight is 379 g/mol. The van der Waals surface area contributed by atoms with Crippen LogP contribution >= 0.6 is 0 Å². The lowest BCUT2D eigenvalue weighted by atomic mass is 9.74. The summed E-state index contributed by atoms with van der Waals surface area (Å²) >= 11 is 0. The van der Waals surface area contributed by atoms with Crippen molar-refractivity contribution in [2.75, 3.05) is 20.2 Å². The van der Waals surface area contributed by atoms with Crippen molar-refractivity contribution in [3.63, 3.8) is 0 Å². The van der Waals surface area contributed by atoms with Gasteiger partial charge in [0.05, 0.1) is 13.0 Å². The minimum absolute atomic E-state index is 0.0399. The van der Waals surface area contributed by atoms with E-state index < -0.39 is 11.5 Å². The topological polar surface area (TPSA) is 82.4 Å². The number of likely N-dealkylation sites (tertiary alicyclic amines) is 1. The van der Waals surface area contributed by atoms with E-state index in [1.54, 1.807) is 12.0 Å². The molecule has 2 unspecified atom stereocenters. The summed E-state index contributed by atoms with van der Waals surface area (Å²) in [6.07, 6.45) is 4.92. The van der Waals surface area contributed by atoms with Gasteiger partial charge in [-0.3, -0.25) is 9.59 Å². The Bertz CT molecular complexity index is 862. The monoisotopic (exact) mass is 379 g/mol. The summed E-state index contributed by atoms with van der Waals surface area (Å²) in [7, 11) is 1.59. The zero-order valence-corrected chi connectivity index (χ0v) is 16.2. The number of Topliss-reactive ketones (excluding diaryl/α,β-unsaturated/α-hetero) is 1. The van der Waals surface area contributed by atoms with Crippen molar-refractivity contribution in [2.24, 2.45) is 0 Å². The van der Waals surface area contributed by atoms with Crippen molar-refractivity contribution in [3.8, 4) is 11.8 Å². The number of benzene rings is 1. The Kier molecular flexibility index (Phi) is 4.84. The van der Waals surface area contributed by atoms with Gasteiger partial charge in [-0.15, -0.1) is 0 Å². The van der Waals surface area contributed by atoms with Crippen LogP contribution in [0.15, 0.2) is 35.5 Å². The predicted molar refractivity (Wildman–Crippen MR) is 104 cm³/mol. The van der Waals surface area contributed by atoms with Gasteiger partial charge in [-0.2, -0.15) is 5.26 Å². The fraction of sp³-hybridized carbons (Fsp3) is 0.500. The molecule has 2 aliphatic heterocycles. The molecule has 4 rings (SSSR count). The first kappa shape index (κ1) is 18.5. The Balaban J connectivity index is 1.81. The number of hydrogen-bond acceptors (Lipinski definition) is 5. The maximum atomic E-state index is 13.6. The molecule has 3 aliphatic rings. The quantitative estimate of drug-likeness (QED) is 0.873. The number of nitriles is 1. The zero-order valence-electron chi connectivity index (χ0n) is 16.2. The Morgan fingerprint density at radius 3 is 2.54 bits per heavy atom. The summed E-state index contributed by atoms with van der Waals surface area (Å²) in [4.78, 5) is 28.2. The molecule has 1 saturated heterocycles. The van der Waals surface area contributed by atoms with Crippen LogP contribution in [0.2, 0.25) is 0 Å². The standard InChI is InChI=1S/C22H25N3O3/c1-28-16-10-8-15(9-11-16)20-19-17(6-5-7-18(19)26)24-22(20,14-23)21(27)25-12-3-2-4-13-25/h8-11,20,24H,2-7,12-13H2,1H3. The molecule has 1 amide bonds. The van der Waals surface area contributed by atoms with Crippen molar-refractivity contribution in [3.05, 3.63) is 41.1 Å². The predicted octanol–water partition coefficient (Wildman–Crippen LogP) is 2.66. The average Bonchev–Trinajstić information content (AvgIpc) is 3.10. The Morgan fingerprint density at radius 1 is 1.18 bits per heavy atom. The summed E-state index contributed by atoms with van der Waals surface area (Å²) in [5.41, 5.74) is 0.712. The van der Waals surface area contributed by atoms with Gasteiger partial charge in [0.25, 0.3) is 5.91 Å². The fourth-order valence-electron chi connectivity index (χ4n) is 4.73. The molecule has 0 radical (unpaired) electrons. The summed E-state index contributed by atoms with van der Waals surface area (Å²) < 4.78 is 5.25. The Labute approximate surface area is 165 Å². The third-order valence-corrected chi connectivity index (χ3v) is 6.13. The van der Waals surface area contributed by atoms with Gasteiger partial charge in [-0.05, 0) is 49.8 Å². The van der Waals surface area contributed by atoms with Gasteiger partial charge in [0.2, 0.25) is 5.54 Å². The van der Waals surface area contributed by atoms with Crippen LogP contribution in [0.25, 0.3) is 0 Å². The van der Waals surface area contributed by atoms with Crippen LogP contribution in [0.5, 0.6) is 5.75 Å². The molecule has 0 saturated carbocycles. The van der Waals surface area contributed by atoms with E-state index in [2.05, 4.69) is 11.4 Å². The fourth-order valence-corrected chi connectivity index (χ4v) is 4.73. The molecule has 1 fully saturated rings. The van der Waals surface area contributed by atoms with E-state index in [0.29, 0.717) is 37.3 Å². The normalized spacial score (nSPS) is 27.1. The van der Waals surface area contributed by atoms with Crippen LogP contribution in [-0.2, 0) is 9.59 Å². The summed E-state index contributed by atoms with van der Waals surface area (Å²) in [5, 5.41) is 13.5. The highest BCUT2D eigenvalue weighted by atomic mass is 16.5. The number of carbonyl (C=O) groups excluding carboxylic acids is 2. The highest BCUT2D eigenvalue weighted by molar-refractivity contribution is 6.04. The molecule has 6 heteroatoms. The van der Waals surface area contributed by atoms with Crippen molar-refractivity contribution in [1.29, 1.82) is 5.26 Å². The second-order valence-electron chi connectivity index (χ2n) is 7.77. The van der Waals surface area contributed by atoms with Gasteiger partial charge in [-0.1, -0.05) is 12.1 Å². The van der Waals surface area contributed by atoms with Crippen molar-refractivity contribution in [1.82, 2.24) is 10.2 Å². The number of ketones is 1. The highest BCUT2D eigenvalue weighted by Gasteiger charge is 2.57. The number of methoxy groups -OCH3 is 1. The number of rotatable bonds is 3. The molecule has 146 valence electrons. The number of ether oxygens (including phenoxy) is 1. The van der Waals surface area contributed by atoms with Gasteiger partial charge in [0.15, 0.2) is 5.78 Å². The van der Waals surface area contributed by atoms with Crippen molar-refractivity contribution in [2.45, 2.75) is 50.0 Å². The van der Waals surface area contributed by atoms with Gasteiger partial charge >= 0.3 is 0 Å². The first-order chi connectivity index (χ1) is 13.6. The summed E-state index contributed by atoms with van der Waals surface area (Å²) in [6, 6.07) is 9.65. The van der Waals surface area contributed by atoms with E-state index in [1.807, 2.05) is 24.3 Å². The summed E-state index contributed by atoms with van der Waals surface area (Å²) in [5.74, 6) is -0.0692. The molecule has 0 aromatic heterocycles. The maximum absolute atomic E-state index is 13.6. The van der Waals surface area contributed by atoms with Crippen molar-refractivity contribution >= 4 is 11.7 Å². The minimum Gasteiger partial charge on any atom is -0.497 e. The van der Waals surface area contributed by atoms with Crippen molar-refractivity contribution < 1.29 is 14.3 Å². The van der Waals surface area contributed by atoms with E-state index in [9.17, 15) is 14.9 Å². The molecule has 1 aromatic carbocycles. The number of hydrogen-bond donors (Lipinski definition) is 1. The first-order valence-corrected chi connectivity index (χ1v) is 9.99. The van der Waals surface area contributed by atoms with E-state index in [0.717, 1.165) is 36.9 Å². The van der Waals surface area contributed by atoms with Gasteiger partial charge in [0.1, 0.15) is 11.8 Å². The van der Waals surface area contributed by atoms with Crippen LogP contribution in [0.3, 0.4) is 0 Å². The lowest BCUT2D eigenvalue weighted by Crippen LogP contribution is -2.58. The number of carbonyl (C=O) groups is 2. The third kappa shape index (κ3) is 2.86. The molecule has 6 nitrogen and oxygen atoms in total. The molecular weight excluding hydrogens is 354 g/mol. The van der Waals surface area contributed by atoms with Crippen LogP contribution < -0.4 is 10.1 Å². The number of piperidine rings is 1. The summed E-state index contributed by atoms with van der Waals surface area (Å²) in [6.45, 7) is 1.33. The lowest BCUT2D eigenvalue weighted by molar-refractivity contribution is -0.137. The molecule has 2 atom stereocenters. The van der Waals surface area contributed by atoms with Crippen LogP contribution in [0.4, 0.5) is 0 Å². The zero-order chi connectivity index (χ0) is 19.7. The van der Waals surface area contributed by atoms with Crippen LogP contribution in [0, 0.1) is 11.3 Å². The number of nitrogens with one attached hydrogen (secondary N) is 1. The smallest absolute Gasteiger partial charge is 0.264 e. The second kappa shape index (κ2) is 7.31. The largest absolute Gasteiger partial charge is 0.497 e. The Morgan fingerprint density at radius 2 is 1.89 bits per heavy atom. The molecule has 2 heterocycles. The highest BCUT2D eigenvalue weighted by Crippen LogP contribution is 2.47. The molecule has 1 N–H and O–H groups in total.